The van der Waals surface area contributed by atoms with E-state index in [1.807, 2.05) is 18.2 Å². The smallest absolute Gasteiger partial charge is 0.233 e. The SMILES string of the molecule is Cc1ccc(Nc2nc(Nc3ccc(C)c(C)c3)nc(N3CCOCC3)n2)cc1.Cl. The van der Waals surface area contributed by atoms with Gasteiger partial charge in [-0.25, -0.2) is 0 Å². The largest absolute Gasteiger partial charge is 0.378 e. The van der Waals surface area contributed by atoms with Gasteiger partial charge in [0.2, 0.25) is 17.8 Å². The molecule has 0 atom stereocenters. The predicted octanol–water partition coefficient (Wildman–Crippen LogP) is 4.54. The summed E-state index contributed by atoms with van der Waals surface area (Å²) in [6.45, 7) is 9.13. The number of hydrogen-bond acceptors (Lipinski definition) is 7. The van der Waals surface area contributed by atoms with E-state index in [1.165, 1.54) is 16.7 Å². The number of aryl methyl sites for hydroxylation is 3. The Morgan fingerprint density at radius 1 is 0.767 bits per heavy atom. The molecular formula is C22H27ClN6O. The van der Waals surface area contributed by atoms with Gasteiger partial charge in [-0.1, -0.05) is 23.8 Å². The highest BCUT2D eigenvalue weighted by Gasteiger charge is 2.17. The maximum absolute atomic E-state index is 5.46. The van der Waals surface area contributed by atoms with Crippen LogP contribution in [0, 0.1) is 20.8 Å². The molecule has 2 aromatic carbocycles. The van der Waals surface area contributed by atoms with Crippen LogP contribution in [0.3, 0.4) is 0 Å². The maximum Gasteiger partial charge on any atom is 0.233 e. The van der Waals surface area contributed by atoms with Crippen molar-refractivity contribution in [2.75, 3.05) is 41.8 Å². The second kappa shape index (κ2) is 9.73. The van der Waals surface area contributed by atoms with E-state index in [2.05, 4.69) is 75.5 Å². The highest BCUT2D eigenvalue weighted by molar-refractivity contribution is 5.85. The van der Waals surface area contributed by atoms with Gasteiger partial charge in [-0.05, 0) is 56.2 Å². The zero-order chi connectivity index (χ0) is 20.2. The van der Waals surface area contributed by atoms with Gasteiger partial charge in [-0.2, -0.15) is 15.0 Å². The summed E-state index contributed by atoms with van der Waals surface area (Å²) in [7, 11) is 0. The van der Waals surface area contributed by atoms with Gasteiger partial charge < -0.3 is 20.3 Å². The Morgan fingerprint density at radius 2 is 1.37 bits per heavy atom. The first-order chi connectivity index (χ1) is 14.1. The van der Waals surface area contributed by atoms with Crippen molar-refractivity contribution < 1.29 is 4.74 Å². The predicted molar refractivity (Wildman–Crippen MR) is 124 cm³/mol. The quantitative estimate of drug-likeness (QED) is 0.620. The van der Waals surface area contributed by atoms with E-state index in [4.69, 9.17) is 4.74 Å². The van der Waals surface area contributed by atoms with E-state index in [-0.39, 0.29) is 12.4 Å². The maximum atomic E-state index is 5.46. The molecule has 0 unspecified atom stereocenters. The van der Waals surface area contributed by atoms with E-state index in [0.717, 1.165) is 24.5 Å². The van der Waals surface area contributed by atoms with Crippen LogP contribution in [-0.2, 0) is 4.74 Å². The minimum atomic E-state index is 0. The van der Waals surface area contributed by atoms with Crippen molar-refractivity contribution in [1.82, 2.24) is 15.0 Å². The highest BCUT2D eigenvalue weighted by atomic mass is 35.5. The van der Waals surface area contributed by atoms with Crippen LogP contribution in [-0.4, -0.2) is 41.3 Å². The lowest BCUT2D eigenvalue weighted by molar-refractivity contribution is 0.122. The van der Waals surface area contributed by atoms with Crippen molar-refractivity contribution in [3.8, 4) is 0 Å². The molecule has 30 heavy (non-hydrogen) atoms. The first kappa shape index (κ1) is 21.8. The Labute approximate surface area is 183 Å². The topological polar surface area (TPSA) is 75.2 Å². The number of aromatic nitrogens is 3. The number of benzene rings is 2. The molecule has 7 nitrogen and oxygen atoms in total. The molecule has 1 aliphatic heterocycles. The van der Waals surface area contributed by atoms with Crippen molar-refractivity contribution >= 4 is 41.6 Å². The Balaban J connectivity index is 0.00000256. The van der Waals surface area contributed by atoms with E-state index < -0.39 is 0 Å². The van der Waals surface area contributed by atoms with Gasteiger partial charge in [0.25, 0.3) is 0 Å². The Bertz CT molecular complexity index is 989. The molecule has 1 aliphatic rings. The standard InChI is InChI=1S/C22H26N6O.ClH/c1-15-4-7-18(8-5-15)23-20-25-21(24-19-9-6-16(2)17(3)14-19)27-22(26-20)28-10-12-29-13-11-28;/h4-9,14H,10-13H2,1-3H3,(H2,23,24,25,26,27);1H. The fourth-order valence-corrected chi connectivity index (χ4v) is 3.10. The van der Waals surface area contributed by atoms with Crippen molar-refractivity contribution in [2.24, 2.45) is 0 Å². The van der Waals surface area contributed by atoms with Gasteiger partial charge in [0.15, 0.2) is 0 Å². The zero-order valence-corrected chi connectivity index (χ0v) is 18.3. The molecule has 0 spiro atoms. The van der Waals surface area contributed by atoms with Gasteiger partial charge in [0.05, 0.1) is 13.2 Å². The number of rotatable bonds is 5. The first-order valence-electron chi connectivity index (χ1n) is 9.83. The number of nitrogens with one attached hydrogen (secondary N) is 2. The number of morpholine rings is 1. The Hall–Kier alpha value is -2.90. The molecule has 8 heteroatoms. The molecule has 2 N–H and O–H groups in total. The number of hydrogen-bond donors (Lipinski definition) is 2. The molecule has 0 radical (unpaired) electrons. The third-order valence-corrected chi connectivity index (χ3v) is 4.99. The summed E-state index contributed by atoms with van der Waals surface area (Å²) < 4.78 is 5.46. The molecule has 0 aliphatic carbocycles. The number of anilines is 5. The van der Waals surface area contributed by atoms with Gasteiger partial charge in [-0.3, -0.25) is 0 Å². The fraction of sp³-hybridized carbons (Fsp3) is 0.318. The lowest BCUT2D eigenvalue weighted by Gasteiger charge is -2.27. The van der Waals surface area contributed by atoms with Gasteiger partial charge in [0.1, 0.15) is 0 Å². The van der Waals surface area contributed by atoms with Crippen LogP contribution in [0.25, 0.3) is 0 Å². The summed E-state index contributed by atoms with van der Waals surface area (Å²) in [6.07, 6.45) is 0. The lowest BCUT2D eigenvalue weighted by atomic mass is 10.1. The summed E-state index contributed by atoms with van der Waals surface area (Å²) in [5.74, 6) is 1.67. The van der Waals surface area contributed by atoms with E-state index in [1.54, 1.807) is 0 Å². The van der Waals surface area contributed by atoms with E-state index >= 15 is 0 Å². The molecule has 1 fully saturated rings. The molecule has 4 rings (SSSR count). The molecule has 0 saturated carbocycles. The average Bonchev–Trinajstić information content (AvgIpc) is 2.73. The summed E-state index contributed by atoms with van der Waals surface area (Å²) in [6, 6.07) is 14.4. The van der Waals surface area contributed by atoms with Gasteiger partial charge >= 0.3 is 0 Å². The van der Waals surface area contributed by atoms with E-state index in [0.29, 0.717) is 31.1 Å². The van der Waals surface area contributed by atoms with Crippen LogP contribution in [0.2, 0.25) is 0 Å². The molecule has 1 saturated heterocycles. The third kappa shape index (κ3) is 5.37. The van der Waals surface area contributed by atoms with Gasteiger partial charge in [0, 0.05) is 24.5 Å². The number of ether oxygens (including phenoxy) is 1. The van der Waals surface area contributed by atoms with Crippen LogP contribution in [0.1, 0.15) is 16.7 Å². The van der Waals surface area contributed by atoms with Crippen LogP contribution >= 0.6 is 12.4 Å². The van der Waals surface area contributed by atoms with Crippen molar-refractivity contribution in [3.63, 3.8) is 0 Å². The molecule has 3 aromatic rings. The Kier molecular flexibility index (Phi) is 7.07. The average molecular weight is 427 g/mol. The summed E-state index contributed by atoms with van der Waals surface area (Å²) in [5, 5.41) is 6.62. The minimum Gasteiger partial charge on any atom is -0.378 e. The number of nitrogens with zero attached hydrogens (tertiary/aromatic N) is 4. The first-order valence-corrected chi connectivity index (χ1v) is 9.83. The van der Waals surface area contributed by atoms with Crippen molar-refractivity contribution in [1.29, 1.82) is 0 Å². The zero-order valence-electron chi connectivity index (χ0n) is 17.5. The molecule has 2 heterocycles. The molecule has 0 amide bonds. The Morgan fingerprint density at radius 3 is 2.00 bits per heavy atom. The van der Waals surface area contributed by atoms with Crippen LogP contribution in [0.15, 0.2) is 42.5 Å². The molecule has 0 bridgehead atoms. The third-order valence-electron chi connectivity index (χ3n) is 4.99. The normalized spacial score (nSPS) is 13.5. The monoisotopic (exact) mass is 426 g/mol. The van der Waals surface area contributed by atoms with Crippen LogP contribution in [0.5, 0.6) is 0 Å². The second-order valence-electron chi connectivity index (χ2n) is 7.30. The molecule has 1 aromatic heterocycles. The van der Waals surface area contributed by atoms with Crippen molar-refractivity contribution in [3.05, 3.63) is 59.2 Å². The van der Waals surface area contributed by atoms with Crippen LogP contribution < -0.4 is 15.5 Å². The molecular weight excluding hydrogens is 400 g/mol. The lowest BCUT2D eigenvalue weighted by Crippen LogP contribution is -2.37. The van der Waals surface area contributed by atoms with Crippen LogP contribution in [0.4, 0.5) is 29.2 Å². The summed E-state index contributed by atoms with van der Waals surface area (Å²) in [5.41, 5.74) is 5.56. The second-order valence-corrected chi connectivity index (χ2v) is 7.30. The highest BCUT2D eigenvalue weighted by Crippen LogP contribution is 2.22. The minimum absolute atomic E-state index is 0. The summed E-state index contributed by atoms with van der Waals surface area (Å²) >= 11 is 0. The van der Waals surface area contributed by atoms with Gasteiger partial charge in [-0.15, -0.1) is 12.4 Å². The van der Waals surface area contributed by atoms with Crippen molar-refractivity contribution in [2.45, 2.75) is 20.8 Å². The molecule has 158 valence electrons. The number of halogens is 1. The van der Waals surface area contributed by atoms with E-state index in [9.17, 15) is 0 Å². The summed E-state index contributed by atoms with van der Waals surface area (Å²) in [4.78, 5) is 16.0. The fourth-order valence-electron chi connectivity index (χ4n) is 3.10.